The van der Waals surface area contributed by atoms with Gasteiger partial charge in [-0.15, -0.1) is 24.8 Å². The highest BCUT2D eigenvalue weighted by molar-refractivity contribution is 5.85. The van der Waals surface area contributed by atoms with Crippen LogP contribution in [-0.2, 0) is 4.79 Å². The first-order valence-corrected chi connectivity index (χ1v) is 5.93. The first-order chi connectivity index (χ1) is 7.24. The molecule has 1 saturated heterocycles. The molecule has 1 aliphatic heterocycles. The van der Waals surface area contributed by atoms with E-state index >= 15 is 0 Å². The lowest BCUT2D eigenvalue weighted by molar-refractivity contribution is -0.140. The first-order valence-electron chi connectivity index (χ1n) is 5.93. The van der Waals surface area contributed by atoms with Crippen LogP contribution < -0.4 is 10.6 Å². The molecule has 1 fully saturated rings. The van der Waals surface area contributed by atoms with E-state index in [0.29, 0.717) is 6.04 Å². The zero-order valence-electron chi connectivity index (χ0n) is 10.3. The number of hydrogen-bond acceptors (Lipinski definition) is 3. The number of unbranched alkanes of at least 4 members (excludes halogenated alkanes) is 1. The third-order valence-corrected chi connectivity index (χ3v) is 2.92. The lowest BCUT2D eigenvalue weighted by Crippen LogP contribution is -2.47. The maximum atomic E-state index is 11.0. The quantitative estimate of drug-likeness (QED) is 0.697. The summed E-state index contributed by atoms with van der Waals surface area (Å²) >= 11 is 0. The molecule has 0 aromatic rings. The smallest absolute Gasteiger partial charge is 0.320 e. The average Bonchev–Trinajstić information content (AvgIpc) is 2.25. The number of rotatable bonds is 6. The zero-order valence-corrected chi connectivity index (χ0v) is 11.9. The standard InChI is InChI=1S/C11H22N2O2.2ClH/c1-2-3-4-10(11(14)15)13-9-5-7-12-8-6-9;;/h9-10,12-13H,2-8H2,1H3,(H,14,15);2*1H/t10-;;/m0../s1. The van der Waals surface area contributed by atoms with Crippen molar-refractivity contribution in [2.45, 2.75) is 51.1 Å². The van der Waals surface area contributed by atoms with Crippen molar-refractivity contribution in [1.29, 1.82) is 0 Å². The summed E-state index contributed by atoms with van der Waals surface area (Å²) in [5.74, 6) is -0.706. The summed E-state index contributed by atoms with van der Waals surface area (Å²) in [6.45, 7) is 4.08. The summed E-state index contributed by atoms with van der Waals surface area (Å²) < 4.78 is 0. The molecule has 4 nitrogen and oxygen atoms in total. The molecule has 0 bridgehead atoms. The Morgan fingerprint density at radius 1 is 1.41 bits per heavy atom. The van der Waals surface area contributed by atoms with Crippen LogP contribution in [0, 0.1) is 0 Å². The summed E-state index contributed by atoms with van der Waals surface area (Å²) in [5.41, 5.74) is 0. The molecule has 0 radical (unpaired) electrons. The van der Waals surface area contributed by atoms with Gasteiger partial charge in [0, 0.05) is 6.04 Å². The lowest BCUT2D eigenvalue weighted by Gasteiger charge is -2.27. The van der Waals surface area contributed by atoms with Gasteiger partial charge in [0.2, 0.25) is 0 Å². The molecule has 17 heavy (non-hydrogen) atoms. The monoisotopic (exact) mass is 286 g/mol. The Hall–Kier alpha value is -0.0300. The Balaban J connectivity index is 0. The van der Waals surface area contributed by atoms with E-state index in [0.717, 1.165) is 45.2 Å². The molecular formula is C11H24Cl2N2O2. The van der Waals surface area contributed by atoms with Crippen LogP contribution >= 0.6 is 24.8 Å². The molecule has 1 aliphatic rings. The average molecular weight is 287 g/mol. The third-order valence-electron chi connectivity index (χ3n) is 2.92. The number of aliphatic carboxylic acids is 1. The van der Waals surface area contributed by atoms with Crippen molar-refractivity contribution >= 4 is 30.8 Å². The zero-order chi connectivity index (χ0) is 11.1. The third kappa shape index (κ3) is 7.82. The molecule has 1 heterocycles. The van der Waals surface area contributed by atoms with E-state index in [9.17, 15) is 4.79 Å². The number of nitrogens with one attached hydrogen (secondary N) is 2. The van der Waals surface area contributed by atoms with Gasteiger partial charge < -0.3 is 15.7 Å². The van der Waals surface area contributed by atoms with Gasteiger partial charge in [0.1, 0.15) is 6.04 Å². The molecular weight excluding hydrogens is 263 g/mol. The number of hydrogen-bond donors (Lipinski definition) is 3. The van der Waals surface area contributed by atoms with Gasteiger partial charge in [-0.05, 0) is 32.4 Å². The Morgan fingerprint density at radius 3 is 2.47 bits per heavy atom. The lowest BCUT2D eigenvalue weighted by atomic mass is 10.0. The highest BCUT2D eigenvalue weighted by atomic mass is 35.5. The second kappa shape index (κ2) is 11.1. The van der Waals surface area contributed by atoms with Gasteiger partial charge in [-0.25, -0.2) is 0 Å². The molecule has 0 saturated carbocycles. The molecule has 0 unspecified atom stereocenters. The van der Waals surface area contributed by atoms with Crippen molar-refractivity contribution in [1.82, 2.24) is 10.6 Å². The minimum atomic E-state index is -0.706. The topological polar surface area (TPSA) is 61.4 Å². The van der Waals surface area contributed by atoms with Gasteiger partial charge in [-0.3, -0.25) is 4.79 Å². The van der Waals surface area contributed by atoms with Crippen LogP contribution in [0.3, 0.4) is 0 Å². The fraction of sp³-hybridized carbons (Fsp3) is 0.909. The van der Waals surface area contributed by atoms with E-state index in [2.05, 4.69) is 17.6 Å². The van der Waals surface area contributed by atoms with E-state index in [4.69, 9.17) is 5.11 Å². The van der Waals surface area contributed by atoms with E-state index in [-0.39, 0.29) is 30.9 Å². The molecule has 0 aromatic heterocycles. The van der Waals surface area contributed by atoms with Crippen LogP contribution in [0.2, 0.25) is 0 Å². The van der Waals surface area contributed by atoms with E-state index in [1.807, 2.05) is 0 Å². The van der Waals surface area contributed by atoms with Crippen molar-refractivity contribution in [3.05, 3.63) is 0 Å². The number of carbonyl (C=O) groups is 1. The molecule has 0 amide bonds. The van der Waals surface area contributed by atoms with E-state index in [1.54, 1.807) is 0 Å². The fourth-order valence-electron chi connectivity index (χ4n) is 1.96. The summed E-state index contributed by atoms with van der Waals surface area (Å²) in [5, 5.41) is 15.6. The second-order valence-corrected chi connectivity index (χ2v) is 4.22. The highest BCUT2D eigenvalue weighted by Crippen LogP contribution is 2.07. The summed E-state index contributed by atoms with van der Waals surface area (Å²) in [6, 6.07) is 0.0252. The molecule has 104 valence electrons. The van der Waals surface area contributed by atoms with E-state index < -0.39 is 5.97 Å². The number of carboxylic acid groups (broad SMARTS) is 1. The Labute approximate surface area is 116 Å². The molecule has 1 atom stereocenters. The van der Waals surface area contributed by atoms with Crippen molar-refractivity contribution in [2.75, 3.05) is 13.1 Å². The largest absolute Gasteiger partial charge is 0.480 e. The molecule has 1 rings (SSSR count). The summed E-state index contributed by atoms with van der Waals surface area (Å²) in [6.07, 6.45) is 4.86. The van der Waals surface area contributed by atoms with E-state index in [1.165, 1.54) is 0 Å². The maximum Gasteiger partial charge on any atom is 0.320 e. The minimum Gasteiger partial charge on any atom is -0.480 e. The van der Waals surface area contributed by atoms with Gasteiger partial charge in [-0.2, -0.15) is 0 Å². The maximum absolute atomic E-state index is 11.0. The summed E-state index contributed by atoms with van der Waals surface area (Å²) in [7, 11) is 0. The van der Waals surface area contributed by atoms with Crippen molar-refractivity contribution in [3.63, 3.8) is 0 Å². The fourth-order valence-corrected chi connectivity index (χ4v) is 1.96. The van der Waals surface area contributed by atoms with Crippen LogP contribution in [0.15, 0.2) is 0 Å². The van der Waals surface area contributed by atoms with Crippen LogP contribution in [0.4, 0.5) is 0 Å². The van der Waals surface area contributed by atoms with Crippen molar-refractivity contribution in [3.8, 4) is 0 Å². The van der Waals surface area contributed by atoms with Crippen LogP contribution in [-0.4, -0.2) is 36.2 Å². The molecule has 0 aromatic carbocycles. The van der Waals surface area contributed by atoms with Gasteiger partial charge in [0.15, 0.2) is 0 Å². The highest BCUT2D eigenvalue weighted by Gasteiger charge is 2.21. The van der Waals surface area contributed by atoms with Gasteiger partial charge in [-0.1, -0.05) is 19.8 Å². The number of halogens is 2. The van der Waals surface area contributed by atoms with Crippen molar-refractivity contribution < 1.29 is 9.90 Å². The SMILES string of the molecule is CCCC[C@H](NC1CCNCC1)C(=O)O.Cl.Cl. The predicted molar refractivity (Wildman–Crippen MR) is 74.5 cm³/mol. The van der Waals surface area contributed by atoms with Gasteiger partial charge in [0.05, 0.1) is 0 Å². The van der Waals surface area contributed by atoms with Crippen LogP contribution in [0.25, 0.3) is 0 Å². The van der Waals surface area contributed by atoms with Gasteiger partial charge in [0.25, 0.3) is 0 Å². The molecule has 3 N–H and O–H groups in total. The molecule has 6 heteroatoms. The van der Waals surface area contributed by atoms with Crippen molar-refractivity contribution in [2.24, 2.45) is 0 Å². The first kappa shape index (κ1) is 19.3. The Kier molecular flexibility index (Phi) is 12.6. The molecule has 0 aliphatic carbocycles. The van der Waals surface area contributed by atoms with Crippen LogP contribution in [0.1, 0.15) is 39.0 Å². The normalized spacial score (nSPS) is 17.7. The molecule has 0 spiro atoms. The predicted octanol–water partition coefficient (Wildman–Crippen LogP) is 1.81. The number of carboxylic acids is 1. The Morgan fingerprint density at radius 2 is 2.00 bits per heavy atom. The number of piperidine rings is 1. The van der Waals surface area contributed by atoms with Gasteiger partial charge >= 0.3 is 5.97 Å². The Bertz CT molecular complexity index is 200. The minimum absolute atomic E-state index is 0. The van der Waals surface area contributed by atoms with Crippen LogP contribution in [0.5, 0.6) is 0 Å². The second-order valence-electron chi connectivity index (χ2n) is 4.22. The summed E-state index contributed by atoms with van der Waals surface area (Å²) in [4.78, 5) is 11.0.